The van der Waals surface area contributed by atoms with Crippen molar-refractivity contribution in [1.29, 1.82) is 0 Å². The Balaban J connectivity index is 1.48. The molecule has 1 aromatic carbocycles. The molecule has 25 heavy (non-hydrogen) atoms. The summed E-state index contributed by atoms with van der Waals surface area (Å²) >= 11 is 6.09. The van der Waals surface area contributed by atoms with Crippen molar-refractivity contribution in [1.82, 2.24) is 20.3 Å². The van der Waals surface area contributed by atoms with Gasteiger partial charge in [-0.3, -0.25) is 4.79 Å². The largest absolute Gasteiger partial charge is 0.381 e. The van der Waals surface area contributed by atoms with E-state index < -0.39 is 0 Å². The van der Waals surface area contributed by atoms with Crippen LogP contribution in [0, 0.1) is 0 Å². The predicted molar refractivity (Wildman–Crippen MR) is 97.2 cm³/mol. The van der Waals surface area contributed by atoms with Gasteiger partial charge in [-0.15, -0.1) is 5.10 Å². The van der Waals surface area contributed by atoms with Gasteiger partial charge in [0, 0.05) is 11.1 Å². The molecule has 1 aliphatic heterocycles. The molecule has 2 aliphatic rings. The maximum absolute atomic E-state index is 12.6. The Labute approximate surface area is 151 Å². The van der Waals surface area contributed by atoms with E-state index in [1.54, 1.807) is 16.9 Å². The first-order chi connectivity index (χ1) is 12.2. The van der Waals surface area contributed by atoms with Crippen molar-refractivity contribution in [3.63, 3.8) is 0 Å². The SMILES string of the molecule is O=C(Nc1cc(Cl)ccc1NC1CC1)c1cn(C2CCNCC2)nn1. The van der Waals surface area contributed by atoms with Crippen LogP contribution in [0.3, 0.4) is 0 Å². The number of anilines is 2. The van der Waals surface area contributed by atoms with Gasteiger partial charge in [-0.25, -0.2) is 4.68 Å². The summed E-state index contributed by atoms with van der Waals surface area (Å²) in [5.74, 6) is -0.277. The smallest absolute Gasteiger partial charge is 0.277 e. The molecule has 1 amide bonds. The highest BCUT2D eigenvalue weighted by atomic mass is 35.5. The van der Waals surface area contributed by atoms with Crippen LogP contribution in [0.4, 0.5) is 11.4 Å². The van der Waals surface area contributed by atoms with Crippen LogP contribution < -0.4 is 16.0 Å². The van der Waals surface area contributed by atoms with Gasteiger partial charge in [0.25, 0.3) is 5.91 Å². The molecule has 2 aromatic rings. The molecule has 1 aromatic heterocycles. The van der Waals surface area contributed by atoms with Crippen LogP contribution in [0.5, 0.6) is 0 Å². The van der Waals surface area contributed by atoms with Gasteiger partial charge in [0.2, 0.25) is 0 Å². The second-order valence-electron chi connectivity index (χ2n) is 6.63. The molecule has 0 atom stereocenters. The summed E-state index contributed by atoms with van der Waals surface area (Å²) in [5, 5.41) is 18.4. The van der Waals surface area contributed by atoms with Gasteiger partial charge in [-0.05, 0) is 57.0 Å². The third kappa shape index (κ3) is 3.93. The minimum Gasteiger partial charge on any atom is -0.381 e. The highest BCUT2D eigenvalue weighted by Gasteiger charge is 2.23. The molecule has 4 rings (SSSR count). The van der Waals surface area contributed by atoms with Crippen molar-refractivity contribution in [2.24, 2.45) is 0 Å². The summed E-state index contributed by atoms with van der Waals surface area (Å²) in [6, 6.07) is 6.24. The summed E-state index contributed by atoms with van der Waals surface area (Å²) in [5.41, 5.74) is 1.86. The van der Waals surface area contributed by atoms with Crippen LogP contribution in [-0.4, -0.2) is 40.0 Å². The van der Waals surface area contributed by atoms with Gasteiger partial charge in [0.1, 0.15) is 0 Å². The number of amides is 1. The van der Waals surface area contributed by atoms with E-state index >= 15 is 0 Å². The van der Waals surface area contributed by atoms with Crippen LogP contribution in [0.25, 0.3) is 0 Å². The number of aromatic nitrogens is 3. The van der Waals surface area contributed by atoms with Crippen molar-refractivity contribution >= 4 is 28.9 Å². The Kier molecular flexibility index (Phi) is 4.59. The minimum absolute atomic E-state index is 0.277. The summed E-state index contributed by atoms with van der Waals surface area (Å²) in [6.07, 6.45) is 6.02. The molecule has 0 spiro atoms. The van der Waals surface area contributed by atoms with Crippen molar-refractivity contribution in [2.45, 2.75) is 37.8 Å². The molecule has 132 valence electrons. The van der Waals surface area contributed by atoms with Gasteiger partial charge < -0.3 is 16.0 Å². The molecule has 3 N–H and O–H groups in total. The summed E-state index contributed by atoms with van der Waals surface area (Å²) in [7, 11) is 0. The predicted octanol–water partition coefficient (Wildman–Crippen LogP) is 2.68. The standard InChI is InChI=1S/C17H21ClN6O/c18-11-1-4-14(20-12-2-3-12)15(9-11)21-17(25)16-10-24(23-22-16)13-5-7-19-8-6-13/h1,4,9-10,12-13,19-20H,2-3,5-8H2,(H,21,25). The Morgan fingerprint density at radius 1 is 1.20 bits per heavy atom. The second-order valence-corrected chi connectivity index (χ2v) is 7.06. The van der Waals surface area contributed by atoms with Crippen molar-refractivity contribution in [2.75, 3.05) is 23.7 Å². The monoisotopic (exact) mass is 360 g/mol. The number of carbonyl (C=O) groups excluding carboxylic acids is 1. The molecule has 0 unspecified atom stereocenters. The van der Waals surface area contributed by atoms with E-state index in [1.165, 1.54) is 0 Å². The third-order valence-electron chi connectivity index (χ3n) is 4.59. The molecule has 1 aliphatic carbocycles. The first-order valence-corrected chi connectivity index (χ1v) is 9.07. The van der Waals surface area contributed by atoms with Crippen molar-refractivity contribution < 1.29 is 4.79 Å². The lowest BCUT2D eigenvalue weighted by molar-refractivity contribution is 0.102. The Bertz CT molecular complexity index is 766. The lowest BCUT2D eigenvalue weighted by atomic mass is 10.1. The Morgan fingerprint density at radius 2 is 2.00 bits per heavy atom. The lowest BCUT2D eigenvalue weighted by Crippen LogP contribution is -2.29. The van der Waals surface area contributed by atoms with E-state index in [0.717, 1.165) is 44.5 Å². The molecule has 7 nitrogen and oxygen atoms in total. The third-order valence-corrected chi connectivity index (χ3v) is 4.83. The molecule has 1 saturated carbocycles. The number of rotatable bonds is 5. The molecule has 1 saturated heterocycles. The quantitative estimate of drug-likeness (QED) is 0.763. The van der Waals surface area contributed by atoms with Crippen molar-refractivity contribution in [3.8, 4) is 0 Å². The number of piperidine rings is 1. The number of hydrogen-bond donors (Lipinski definition) is 3. The first-order valence-electron chi connectivity index (χ1n) is 8.69. The summed E-state index contributed by atoms with van der Waals surface area (Å²) < 4.78 is 1.80. The number of hydrogen-bond acceptors (Lipinski definition) is 5. The molecule has 2 heterocycles. The van der Waals surface area contributed by atoms with E-state index in [1.807, 2.05) is 12.1 Å². The van der Waals surface area contributed by atoms with E-state index in [4.69, 9.17) is 11.6 Å². The van der Waals surface area contributed by atoms with Crippen molar-refractivity contribution in [3.05, 3.63) is 35.1 Å². The zero-order chi connectivity index (χ0) is 17.2. The van der Waals surface area contributed by atoms with Crippen LogP contribution in [-0.2, 0) is 0 Å². The maximum Gasteiger partial charge on any atom is 0.277 e. The van der Waals surface area contributed by atoms with Crippen LogP contribution in [0.1, 0.15) is 42.2 Å². The number of benzene rings is 1. The average molecular weight is 361 g/mol. The van der Waals surface area contributed by atoms with Gasteiger partial charge in [0.05, 0.1) is 23.6 Å². The Hall–Kier alpha value is -2.12. The fraction of sp³-hybridized carbons (Fsp3) is 0.471. The minimum atomic E-state index is -0.277. The highest BCUT2D eigenvalue weighted by molar-refractivity contribution is 6.31. The summed E-state index contributed by atoms with van der Waals surface area (Å²) in [6.45, 7) is 1.93. The first kappa shape index (κ1) is 16.4. The van der Waals surface area contributed by atoms with Gasteiger partial charge >= 0.3 is 0 Å². The van der Waals surface area contributed by atoms with E-state index in [-0.39, 0.29) is 5.91 Å². The van der Waals surface area contributed by atoms with Gasteiger partial charge in [0.15, 0.2) is 5.69 Å². The molecule has 0 radical (unpaired) electrons. The molecular formula is C17H21ClN6O. The van der Waals surface area contributed by atoms with E-state index in [0.29, 0.717) is 28.5 Å². The molecule has 8 heteroatoms. The highest BCUT2D eigenvalue weighted by Crippen LogP contribution is 2.31. The maximum atomic E-state index is 12.6. The zero-order valence-electron chi connectivity index (χ0n) is 13.8. The number of nitrogens with zero attached hydrogens (tertiary/aromatic N) is 3. The number of carbonyl (C=O) groups is 1. The van der Waals surface area contributed by atoms with E-state index in [2.05, 4.69) is 26.3 Å². The van der Waals surface area contributed by atoms with Crippen LogP contribution in [0.15, 0.2) is 24.4 Å². The second kappa shape index (κ2) is 7.01. The topological polar surface area (TPSA) is 83.9 Å². The fourth-order valence-corrected chi connectivity index (χ4v) is 3.18. The van der Waals surface area contributed by atoms with Gasteiger partial charge in [-0.2, -0.15) is 0 Å². The van der Waals surface area contributed by atoms with Gasteiger partial charge in [-0.1, -0.05) is 16.8 Å². The molecular weight excluding hydrogens is 340 g/mol. The average Bonchev–Trinajstić information content (AvgIpc) is 3.30. The van der Waals surface area contributed by atoms with E-state index in [9.17, 15) is 4.79 Å². The summed E-state index contributed by atoms with van der Waals surface area (Å²) in [4.78, 5) is 12.6. The van der Waals surface area contributed by atoms with Crippen LogP contribution >= 0.6 is 11.6 Å². The normalized spacial score (nSPS) is 18.1. The Morgan fingerprint density at radius 3 is 2.76 bits per heavy atom. The number of nitrogens with one attached hydrogen (secondary N) is 3. The lowest BCUT2D eigenvalue weighted by Gasteiger charge is -2.22. The number of halogens is 1. The molecule has 0 bridgehead atoms. The fourth-order valence-electron chi connectivity index (χ4n) is 3.01. The zero-order valence-corrected chi connectivity index (χ0v) is 14.6. The van der Waals surface area contributed by atoms with Crippen LogP contribution in [0.2, 0.25) is 5.02 Å². The molecule has 2 fully saturated rings.